The Morgan fingerprint density at radius 3 is 2.52 bits per heavy atom. The van der Waals surface area contributed by atoms with Crippen LogP contribution in [-0.4, -0.2) is 16.2 Å². The van der Waals surface area contributed by atoms with Gasteiger partial charge in [0.1, 0.15) is 5.75 Å². The van der Waals surface area contributed by atoms with E-state index in [0.717, 1.165) is 18.7 Å². The Labute approximate surface area is 160 Å². The summed E-state index contributed by atoms with van der Waals surface area (Å²) >= 11 is 0. The molecule has 27 heavy (non-hydrogen) atoms. The second-order valence-electron chi connectivity index (χ2n) is 7.08. The molecule has 0 radical (unpaired) electrons. The second-order valence-corrected chi connectivity index (χ2v) is 7.08. The van der Waals surface area contributed by atoms with E-state index in [2.05, 4.69) is 66.6 Å². The lowest BCUT2D eigenvalue weighted by atomic mass is 10.00. The number of hydrogen-bond acceptors (Lipinski definition) is 5. The zero-order valence-corrected chi connectivity index (χ0v) is 16.5. The molecule has 0 aliphatic carbocycles. The van der Waals surface area contributed by atoms with Crippen LogP contribution >= 0.6 is 0 Å². The lowest BCUT2D eigenvalue weighted by Gasteiger charge is -2.16. The Morgan fingerprint density at radius 2 is 1.85 bits per heavy atom. The van der Waals surface area contributed by atoms with Crippen LogP contribution < -0.4 is 10.1 Å². The van der Waals surface area contributed by atoms with E-state index in [1.165, 1.54) is 22.3 Å². The molecule has 1 atom stereocenters. The summed E-state index contributed by atoms with van der Waals surface area (Å²) in [5.74, 6) is 1.90. The molecular weight excluding hydrogens is 338 g/mol. The van der Waals surface area contributed by atoms with Crippen molar-refractivity contribution >= 4 is 0 Å². The fourth-order valence-electron chi connectivity index (χ4n) is 3.02. The Balaban J connectivity index is 1.46. The summed E-state index contributed by atoms with van der Waals surface area (Å²) in [5.41, 5.74) is 5.31. The van der Waals surface area contributed by atoms with Gasteiger partial charge in [-0.3, -0.25) is 0 Å². The minimum Gasteiger partial charge on any atom is -0.485 e. The predicted molar refractivity (Wildman–Crippen MR) is 106 cm³/mol. The molecule has 0 bridgehead atoms. The van der Waals surface area contributed by atoms with Crippen molar-refractivity contribution in [3.05, 3.63) is 76.4 Å². The van der Waals surface area contributed by atoms with Gasteiger partial charge in [0.25, 0.3) is 0 Å². The highest BCUT2D eigenvalue weighted by atomic mass is 16.5. The summed E-state index contributed by atoms with van der Waals surface area (Å²) in [6.07, 6.45) is 1.03. The van der Waals surface area contributed by atoms with Crippen molar-refractivity contribution in [2.45, 2.75) is 53.3 Å². The molecule has 0 aliphatic heterocycles. The first-order valence-electron chi connectivity index (χ1n) is 9.30. The van der Waals surface area contributed by atoms with Crippen molar-refractivity contribution in [2.24, 2.45) is 0 Å². The zero-order valence-electron chi connectivity index (χ0n) is 16.5. The number of aromatic nitrogens is 2. The lowest BCUT2D eigenvalue weighted by molar-refractivity contribution is 0.285. The Hall–Kier alpha value is -2.66. The van der Waals surface area contributed by atoms with Gasteiger partial charge in [0, 0.05) is 19.5 Å². The molecule has 0 unspecified atom stereocenters. The maximum atomic E-state index is 5.68. The van der Waals surface area contributed by atoms with Crippen LogP contribution in [0.1, 0.15) is 40.9 Å². The van der Waals surface area contributed by atoms with Crippen LogP contribution in [0, 0.1) is 20.8 Å². The van der Waals surface area contributed by atoms with Crippen LogP contribution in [0.5, 0.6) is 5.75 Å². The van der Waals surface area contributed by atoms with Gasteiger partial charge in [0.2, 0.25) is 11.7 Å². The Morgan fingerprint density at radius 1 is 1.07 bits per heavy atom. The minimum atomic E-state index is 0.307. The number of nitrogens with zero attached hydrogens (tertiary/aromatic N) is 2. The van der Waals surface area contributed by atoms with Gasteiger partial charge in [0.15, 0.2) is 6.61 Å². The number of hydrogen-bond donors (Lipinski definition) is 1. The zero-order chi connectivity index (χ0) is 19.2. The third-order valence-electron chi connectivity index (χ3n) is 4.54. The van der Waals surface area contributed by atoms with E-state index in [-0.39, 0.29) is 0 Å². The van der Waals surface area contributed by atoms with Crippen LogP contribution in [0.2, 0.25) is 0 Å². The Bertz CT molecular complexity index is 872. The number of ether oxygens (including phenoxy) is 1. The first-order chi connectivity index (χ1) is 13.0. The molecule has 2 aromatic carbocycles. The normalized spacial score (nSPS) is 12.1. The highest BCUT2D eigenvalue weighted by molar-refractivity contribution is 5.31. The molecule has 0 saturated heterocycles. The van der Waals surface area contributed by atoms with Gasteiger partial charge in [0.05, 0.1) is 0 Å². The molecule has 0 saturated carbocycles. The quantitative estimate of drug-likeness (QED) is 0.645. The molecule has 3 aromatic rings. The van der Waals surface area contributed by atoms with Gasteiger partial charge in [-0.2, -0.15) is 4.98 Å². The molecule has 0 fully saturated rings. The van der Waals surface area contributed by atoms with Crippen molar-refractivity contribution < 1.29 is 9.26 Å². The average molecular weight is 365 g/mol. The van der Waals surface area contributed by atoms with Crippen molar-refractivity contribution in [2.75, 3.05) is 0 Å². The molecule has 0 aliphatic rings. The SMILES string of the molecule is Cc1ccc(C[C@@H](C)NCc2ccc(OCc3noc(C)n3)cc2)c(C)c1. The molecule has 5 heteroatoms. The van der Waals surface area contributed by atoms with Gasteiger partial charge < -0.3 is 14.6 Å². The second kappa shape index (κ2) is 8.82. The highest BCUT2D eigenvalue weighted by Gasteiger charge is 2.07. The highest BCUT2D eigenvalue weighted by Crippen LogP contribution is 2.15. The van der Waals surface area contributed by atoms with E-state index in [1.807, 2.05) is 12.1 Å². The first-order valence-corrected chi connectivity index (χ1v) is 9.30. The standard InChI is InChI=1S/C22H27N3O2/c1-15-5-8-20(16(2)11-15)12-17(3)23-13-19-6-9-21(10-7-19)26-14-22-24-18(4)27-25-22/h5-11,17,23H,12-14H2,1-4H3/t17-/m1/s1. The first kappa shape index (κ1) is 19.1. The predicted octanol–water partition coefficient (Wildman–Crippen LogP) is 4.29. The largest absolute Gasteiger partial charge is 0.485 e. The monoisotopic (exact) mass is 365 g/mol. The van der Waals surface area contributed by atoms with Gasteiger partial charge in [-0.15, -0.1) is 0 Å². The summed E-state index contributed by atoms with van der Waals surface area (Å²) in [4.78, 5) is 4.12. The van der Waals surface area contributed by atoms with Crippen molar-refractivity contribution in [3.8, 4) is 5.75 Å². The molecule has 3 rings (SSSR count). The van der Waals surface area contributed by atoms with Crippen LogP contribution in [0.25, 0.3) is 0 Å². The molecule has 5 nitrogen and oxygen atoms in total. The van der Waals surface area contributed by atoms with Crippen molar-refractivity contribution in [3.63, 3.8) is 0 Å². The third kappa shape index (κ3) is 5.66. The molecule has 1 heterocycles. The van der Waals surface area contributed by atoms with E-state index in [1.54, 1.807) is 6.92 Å². The summed E-state index contributed by atoms with van der Waals surface area (Å²) in [5, 5.41) is 7.42. The van der Waals surface area contributed by atoms with E-state index in [4.69, 9.17) is 9.26 Å². The third-order valence-corrected chi connectivity index (χ3v) is 4.54. The maximum Gasteiger partial charge on any atom is 0.223 e. The Kier molecular flexibility index (Phi) is 6.24. The smallest absolute Gasteiger partial charge is 0.223 e. The summed E-state index contributed by atoms with van der Waals surface area (Å²) in [6, 6.07) is 15.2. The molecular formula is C22H27N3O2. The van der Waals surface area contributed by atoms with Gasteiger partial charge in [-0.05, 0) is 56.0 Å². The number of rotatable bonds is 8. The number of benzene rings is 2. The van der Waals surface area contributed by atoms with Gasteiger partial charge in [-0.25, -0.2) is 0 Å². The molecule has 0 amide bonds. The fraction of sp³-hybridized carbons (Fsp3) is 0.364. The number of nitrogens with one attached hydrogen (secondary N) is 1. The summed E-state index contributed by atoms with van der Waals surface area (Å²) in [7, 11) is 0. The number of aryl methyl sites for hydroxylation is 3. The lowest BCUT2D eigenvalue weighted by Crippen LogP contribution is -2.27. The van der Waals surface area contributed by atoms with Crippen LogP contribution in [0.3, 0.4) is 0 Å². The topological polar surface area (TPSA) is 60.2 Å². The average Bonchev–Trinajstić information content (AvgIpc) is 3.07. The van der Waals surface area contributed by atoms with Crippen LogP contribution in [-0.2, 0) is 19.6 Å². The molecule has 1 aromatic heterocycles. The summed E-state index contributed by atoms with van der Waals surface area (Å²) in [6.45, 7) is 9.44. The van der Waals surface area contributed by atoms with E-state index < -0.39 is 0 Å². The molecule has 142 valence electrons. The van der Waals surface area contributed by atoms with Gasteiger partial charge >= 0.3 is 0 Å². The van der Waals surface area contributed by atoms with Crippen molar-refractivity contribution in [1.82, 2.24) is 15.5 Å². The maximum absolute atomic E-state index is 5.68. The van der Waals surface area contributed by atoms with Gasteiger partial charge in [-0.1, -0.05) is 41.1 Å². The fourth-order valence-corrected chi connectivity index (χ4v) is 3.02. The van der Waals surface area contributed by atoms with E-state index >= 15 is 0 Å². The minimum absolute atomic E-state index is 0.307. The van der Waals surface area contributed by atoms with Crippen molar-refractivity contribution in [1.29, 1.82) is 0 Å². The molecule has 1 N–H and O–H groups in total. The van der Waals surface area contributed by atoms with Crippen LogP contribution in [0.15, 0.2) is 47.0 Å². The summed E-state index contributed by atoms with van der Waals surface area (Å²) < 4.78 is 10.6. The van der Waals surface area contributed by atoms with E-state index in [0.29, 0.717) is 24.4 Å². The molecule has 0 spiro atoms. The van der Waals surface area contributed by atoms with Crippen LogP contribution in [0.4, 0.5) is 0 Å². The van der Waals surface area contributed by atoms with E-state index in [9.17, 15) is 0 Å².